The molecule has 0 heterocycles. The average Bonchev–Trinajstić information content (AvgIpc) is 2.30. The molecule has 0 saturated carbocycles. The second-order valence-electron chi connectivity index (χ2n) is 5.26. The number of aryl methyl sites for hydroxylation is 1. The fourth-order valence-electron chi connectivity index (χ4n) is 1.68. The van der Waals surface area contributed by atoms with Crippen molar-refractivity contribution in [2.75, 3.05) is 6.54 Å². The van der Waals surface area contributed by atoms with Gasteiger partial charge < -0.3 is 10.5 Å². The van der Waals surface area contributed by atoms with Crippen LogP contribution in [0.5, 0.6) is 5.75 Å². The largest absolute Gasteiger partial charge is 0.491 e. The molecule has 0 aromatic heterocycles. The highest BCUT2D eigenvalue weighted by atomic mass is 32.2. The summed E-state index contributed by atoms with van der Waals surface area (Å²) in [6.07, 6.45) is 0.660. The number of sulfonamides is 1. The van der Waals surface area contributed by atoms with Crippen LogP contribution in [0.4, 0.5) is 0 Å². The molecule has 1 atom stereocenters. The highest BCUT2D eigenvalue weighted by molar-refractivity contribution is 7.89. The Hall–Kier alpha value is -1.11. The van der Waals surface area contributed by atoms with E-state index >= 15 is 0 Å². The Morgan fingerprint density at radius 3 is 2.45 bits per heavy atom. The molecule has 0 amide bonds. The van der Waals surface area contributed by atoms with Crippen molar-refractivity contribution >= 4 is 10.0 Å². The normalized spacial score (nSPS) is 13.5. The quantitative estimate of drug-likeness (QED) is 0.804. The summed E-state index contributed by atoms with van der Waals surface area (Å²) < 4.78 is 32.4. The van der Waals surface area contributed by atoms with E-state index in [2.05, 4.69) is 4.72 Å². The van der Waals surface area contributed by atoms with E-state index in [4.69, 9.17) is 10.5 Å². The lowest BCUT2D eigenvalue weighted by Crippen LogP contribution is -2.29. The maximum Gasteiger partial charge on any atom is 0.240 e. The summed E-state index contributed by atoms with van der Waals surface area (Å²) in [4.78, 5) is 0.246. The van der Waals surface area contributed by atoms with E-state index in [1.807, 2.05) is 27.7 Å². The first-order valence-corrected chi connectivity index (χ1v) is 8.23. The number of nitrogens with one attached hydrogen (secondary N) is 1. The number of hydrogen-bond acceptors (Lipinski definition) is 4. The second-order valence-corrected chi connectivity index (χ2v) is 7.02. The van der Waals surface area contributed by atoms with E-state index < -0.39 is 10.0 Å². The molecular formula is C14H24N2O3S. The van der Waals surface area contributed by atoms with Crippen LogP contribution in [-0.4, -0.2) is 27.1 Å². The molecule has 0 aliphatic heterocycles. The van der Waals surface area contributed by atoms with Crippen LogP contribution < -0.4 is 15.2 Å². The zero-order chi connectivity index (χ0) is 15.3. The van der Waals surface area contributed by atoms with Crippen molar-refractivity contribution in [3.63, 3.8) is 0 Å². The standard InChI is InChI=1S/C14H24N2O3S/c1-10(2)19-14-6-5-13(9-11(14)3)20(17,18)16-8-7-12(4)15/h5-6,9-10,12,16H,7-8,15H2,1-4H3. The molecule has 1 aromatic carbocycles. The highest BCUT2D eigenvalue weighted by Crippen LogP contribution is 2.22. The number of ether oxygens (including phenoxy) is 1. The average molecular weight is 300 g/mol. The van der Waals surface area contributed by atoms with E-state index in [1.54, 1.807) is 18.2 Å². The Labute approximate surface area is 121 Å². The molecule has 0 fully saturated rings. The SMILES string of the molecule is Cc1cc(S(=O)(=O)NCCC(C)N)ccc1OC(C)C. The van der Waals surface area contributed by atoms with Gasteiger partial charge in [-0.05, 0) is 57.9 Å². The summed E-state index contributed by atoms with van der Waals surface area (Å²) in [5.74, 6) is 0.703. The number of benzene rings is 1. The van der Waals surface area contributed by atoms with Crippen molar-refractivity contribution in [2.45, 2.75) is 51.2 Å². The van der Waals surface area contributed by atoms with E-state index in [-0.39, 0.29) is 17.0 Å². The van der Waals surface area contributed by atoms with Gasteiger partial charge in [0.2, 0.25) is 10.0 Å². The summed E-state index contributed by atoms with van der Waals surface area (Å²) in [6, 6.07) is 4.83. The Balaban J connectivity index is 2.83. The molecule has 0 aliphatic carbocycles. The van der Waals surface area contributed by atoms with Crippen molar-refractivity contribution in [2.24, 2.45) is 5.73 Å². The first-order chi connectivity index (χ1) is 9.22. The summed E-state index contributed by atoms with van der Waals surface area (Å²) in [7, 11) is -3.48. The molecule has 0 aliphatic rings. The third-order valence-corrected chi connectivity index (χ3v) is 4.17. The predicted octanol–water partition coefficient (Wildman–Crippen LogP) is 1.80. The molecule has 20 heavy (non-hydrogen) atoms. The summed E-state index contributed by atoms with van der Waals surface area (Å²) >= 11 is 0. The lowest BCUT2D eigenvalue weighted by molar-refractivity contribution is 0.240. The van der Waals surface area contributed by atoms with Crippen LogP contribution in [0.3, 0.4) is 0 Å². The van der Waals surface area contributed by atoms with Crippen LogP contribution >= 0.6 is 0 Å². The molecule has 0 radical (unpaired) electrons. The van der Waals surface area contributed by atoms with Gasteiger partial charge in [0.1, 0.15) is 5.75 Å². The molecule has 5 nitrogen and oxygen atoms in total. The summed E-state index contributed by atoms with van der Waals surface area (Å²) in [5, 5.41) is 0. The molecule has 0 bridgehead atoms. The number of nitrogens with two attached hydrogens (primary N) is 1. The van der Waals surface area contributed by atoms with Gasteiger partial charge in [0, 0.05) is 12.6 Å². The third kappa shape index (κ3) is 5.11. The zero-order valence-corrected chi connectivity index (χ0v) is 13.3. The van der Waals surface area contributed by atoms with Gasteiger partial charge in [-0.25, -0.2) is 13.1 Å². The number of rotatable bonds is 7. The van der Waals surface area contributed by atoms with Gasteiger partial charge in [-0.15, -0.1) is 0 Å². The van der Waals surface area contributed by atoms with Gasteiger partial charge in [0.15, 0.2) is 0 Å². The number of hydrogen-bond donors (Lipinski definition) is 2. The van der Waals surface area contributed by atoms with Gasteiger partial charge in [0.05, 0.1) is 11.0 Å². The highest BCUT2D eigenvalue weighted by Gasteiger charge is 2.15. The van der Waals surface area contributed by atoms with Gasteiger partial charge >= 0.3 is 0 Å². The lowest BCUT2D eigenvalue weighted by Gasteiger charge is -2.14. The maximum absolute atomic E-state index is 12.1. The molecule has 0 saturated heterocycles. The van der Waals surface area contributed by atoms with Crippen molar-refractivity contribution < 1.29 is 13.2 Å². The van der Waals surface area contributed by atoms with Crippen LogP contribution in [-0.2, 0) is 10.0 Å². The molecule has 1 unspecified atom stereocenters. The molecule has 114 valence electrons. The minimum absolute atomic E-state index is 0.0266. The Bertz CT molecular complexity index is 539. The van der Waals surface area contributed by atoms with Gasteiger partial charge in [-0.1, -0.05) is 0 Å². The van der Waals surface area contributed by atoms with Crippen LogP contribution in [0, 0.1) is 6.92 Å². The summed E-state index contributed by atoms with van der Waals surface area (Å²) in [5.41, 5.74) is 6.40. The molecule has 3 N–H and O–H groups in total. The molecule has 0 spiro atoms. The van der Waals surface area contributed by atoms with Gasteiger partial charge in [-0.2, -0.15) is 0 Å². The molecule has 1 aromatic rings. The van der Waals surface area contributed by atoms with E-state index in [0.717, 1.165) is 5.56 Å². The van der Waals surface area contributed by atoms with Crippen LogP contribution in [0.15, 0.2) is 23.1 Å². The first kappa shape index (κ1) is 16.9. The predicted molar refractivity (Wildman–Crippen MR) is 80.4 cm³/mol. The van der Waals surface area contributed by atoms with Crippen LogP contribution in [0.25, 0.3) is 0 Å². The van der Waals surface area contributed by atoms with Crippen molar-refractivity contribution in [3.8, 4) is 5.75 Å². The van der Waals surface area contributed by atoms with Crippen molar-refractivity contribution in [1.29, 1.82) is 0 Å². The topological polar surface area (TPSA) is 81.4 Å². The molecular weight excluding hydrogens is 276 g/mol. The minimum atomic E-state index is -3.48. The first-order valence-electron chi connectivity index (χ1n) is 6.75. The second kappa shape index (κ2) is 7.06. The zero-order valence-electron chi connectivity index (χ0n) is 12.5. The third-order valence-electron chi connectivity index (χ3n) is 2.71. The van der Waals surface area contributed by atoms with Crippen LogP contribution in [0.1, 0.15) is 32.8 Å². The monoisotopic (exact) mass is 300 g/mol. The van der Waals surface area contributed by atoms with E-state index in [1.165, 1.54) is 0 Å². The van der Waals surface area contributed by atoms with Gasteiger partial charge in [0.25, 0.3) is 0 Å². The fraction of sp³-hybridized carbons (Fsp3) is 0.571. The fourth-order valence-corrected chi connectivity index (χ4v) is 2.81. The van der Waals surface area contributed by atoms with Crippen LogP contribution in [0.2, 0.25) is 0 Å². The minimum Gasteiger partial charge on any atom is -0.491 e. The smallest absolute Gasteiger partial charge is 0.240 e. The van der Waals surface area contributed by atoms with Crippen molar-refractivity contribution in [1.82, 2.24) is 4.72 Å². The van der Waals surface area contributed by atoms with Gasteiger partial charge in [-0.3, -0.25) is 0 Å². The summed E-state index contributed by atoms with van der Waals surface area (Å²) in [6.45, 7) is 7.87. The Morgan fingerprint density at radius 1 is 1.30 bits per heavy atom. The molecule has 6 heteroatoms. The van der Waals surface area contributed by atoms with E-state index in [0.29, 0.717) is 18.7 Å². The van der Waals surface area contributed by atoms with E-state index in [9.17, 15) is 8.42 Å². The van der Waals surface area contributed by atoms with Crippen molar-refractivity contribution in [3.05, 3.63) is 23.8 Å². The Kier molecular flexibility index (Phi) is 5.98. The Morgan fingerprint density at radius 2 is 1.95 bits per heavy atom. The maximum atomic E-state index is 12.1. The molecule has 1 rings (SSSR count). The lowest BCUT2D eigenvalue weighted by atomic mass is 10.2.